The molecule has 1 nitrogen and oxygen atoms in total. The molecule has 1 saturated heterocycles. The number of rotatable bonds is 0. The lowest BCUT2D eigenvalue weighted by Crippen LogP contribution is -2.56. The fourth-order valence-electron chi connectivity index (χ4n) is 2.11. The Morgan fingerprint density at radius 1 is 0.923 bits per heavy atom. The Kier molecular flexibility index (Phi) is 4.37. The molecule has 0 amide bonds. The molecule has 1 rings (SSSR count). The van der Waals surface area contributed by atoms with Crippen molar-refractivity contribution in [3.63, 3.8) is 0 Å². The van der Waals surface area contributed by atoms with Crippen molar-refractivity contribution in [3.8, 4) is 0 Å². The summed E-state index contributed by atoms with van der Waals surface area (Å²) in [6, 6.07) is 0. The van der Waals surface area contributed by atoms with Crippen LogP contribution in [0, 0.1) is 0 Å². The van der Waals surface area contributed by atoms with Crippen LogP contribution >= 0.6 is 0 Å². The first kappa shape index (κ1) is 12.9. The Bertz CT molecular complexity index is 136. The van der Waals surface area contributed by atoms with Crippen LogP contribution in [0.25, 0.3) is 0 Å². The molecule has 1 aliphatic rings. The van der Waals surface area contributed by atoms with Crippen molar-refractivity contribution in [1.29, 1.82) is 0 Å². The molecule has 0 aliphatic carbocycles. The molecule has 80 valence electrons. The molecule has 1 heterocycles. The number of hydrogen-bond acceptors (Lipinski definition) is 1. The minimum atomic E-state index is 0.405. The van der Waals surface area contributed by atoms with Crippen LogP contribution in [0.3, 0.4) is 0 Å². The van der Waals surface area contributed by atoms with Crippen molar-refractivity contribution in [2.75, 3.05) is 14.2 Å². The standard InChI is InChI=1S/C10H21N.CH3F/c1-9(2)7-6-8-10(3,4)11(9)5;1-2/h6-8H2,1-5H3;1H3. The molecule has 0 radical (unpaired) electrons. The van der Waals surface area contributed by atoms with Crippen molar-refractivity contribution < 1.29 is 4.39 Å². The van der Waals surface area contributed by atoms with Crippen LogP contribution in [-0.2, 0) is 0 Å². The lowest BCUT2D eigenvalue weighted by Gasteiger charge is -2.50. The van der Waals surface area contributed by atoms with Crippen LogP contribution in [0.5, 0.6) is 0 Å². The van der Waals surface area contributed by atoms with E-state index in [1.165, 1.54) is 19.3 Å². The van der Waals surface area contributed by atoms with Crippen LogP contribution in [0.2, 0.25) is 0 Å². The second kappa shape index (κ2) is 4.41. The fourth-order valence-corrected chi connectivity index (χ4v) is 2.11. The Morgan fingerprint density at radius 2 is 1.23 bits per heavy atom. The van der Waals surface area contributed by atoms with E-state index in [-0.39, 0.29) is 0 Å². The summed E-state index contributed by atoms with van der Waals surface area (Å²) in [4.78, 5) is 2.52. The highest BCUT2D eigenvalue weighted by molar-refractivity contribution is 4.94. The van der Waals surface area contributed by atoms with Crippen molar-refractivity contribution in [2.45, 2.75) is 58.0 Å². The molecule has 2 heteroatoms. The van der Waals surface area contributed by atoms with Gasteiger partial charge in [0.05, 0.1) is 7.18 Å². The van der Waals surface area contributed by atoms with Crippen LogP contribution in [0.4, 0.5) is 4.39 Å². The molecule has 0 spiro atoms. The van der Waals surface area contributed by atoms with Crippen molar-refractivity contribution in [1.82, 2.24) is 4.90 Å². The number of alkyl halides is 1. The van der Waals surface area contributed by atoms with E-state index in [0.717, 1.165) is 0 Å². The van der Waals surface area contributed by atoms with Crippen molar-refractivity contribution >= 4 is 0 Å². The Hall–Kier alpha value is -0.110. The average Bonchev–Trinajstić information content (AvgIpc) is 2.04. The highest BCUT2D eigenvalue weighted by Gasteiger charge is 2.37. The predicted octanol–water partition coefficient (Wildman–Crippen LogP) is 3.25. The number of piperidine rings is 1. The topological polar surface area (TPSA) is 3.24 Å². The zero-order chi connectivity index (χ0) is 10.7. The van der Waals surface area contributed by atoms with Gasteiger partial charge in [-0.1, -0.05) is 0 Å². The summed E-state index contributed by atoms with van der Waals surface area (Å²) in [6.45, 7) is 9.36. The maximum atomic E-state index is 9.50. The minimum Gasteiger partial charge on any atom is -0.296 e. The summed E-state index contributed by atoms with van der Waals surface area (Å²) in [5.74, 6) is 0. The van der Waals surface area contributed by atoms with Crippen LogP contribution in [0.1, 0.15) is 47.0 Å². The smallest absolute Gasteiger partial charge is 0.0785 e. The van der Waals surface area contributed by atoms with Gasteiger partial charge >= 0.3 is 0 Å². The maximum absolute atomic E-state index is 9.50. The van der Waals surface area contributed by atoms with E-state index in [2.05, 4.69) is 39.6 Å². The Labute approximate surface area is 82.3 Å². The average molecular weight is 189 g/mol. The highest BCUT2D eigenvalue weighted by atomic mass is 19.1. The molecule has 0 saturated carbocycles. The van der Waals surface area contributed by atoms with Gasteiger partial charge in [-0.3, -0.25) is 9.29 Å². The van der Waals surface area contributed by atoms with Gasteiger partial charge in [-0.05, 0) is 54.0 Å². The fraction of sp³-hybridized carbons (Fsp3) is 1.00. The molecular formula is C11H24FN. The predicted molar refractivity (Wildman–Crippen MR) is 56.8 cm³/mol. The Balaban J connectivity index is 0.000000671. The third-order valence-corrected chi connectivity index (χ3v) is 3.39. The zero-order valence-corrected chi connectivity index (χ0v) is 9.95. The van der Waals surface area contributed by atoms with E-state index >= 15 is 0 Å². The summed E-state index contributed by atoms with van der Waals surface area (Å²) in [7, 11) is 2.75. The molecule has 0 aromatic rings. The summed E-state index contributed by atoms with van der Waals surface area (Å²) in [5, 5.41) is 0. The van der Waals surface area contributed by atoms with Gasteiger partial charge in [0.25, 0.3) is 0 Å². The summed E-state index contributed by atoms with van der Waals surface area (Å²) in [5.41, 5.74) is 0.809. The van der Waals surface area contributed by atoms with E-state index in [9.17, 15) is 4.39 Å². The third kappa shape index (κ3) is 2.94. The molecule has 1 fully saturated rings. The van der Waals surface area contributed by atoms with Gasteiger partial charge in [0.15, 0.2) is 0 Å². The molecule has 13 heavy (non-hydrogen) atoms. The number of hydrogen-bond donors (Lipinski definition) is 0. The summed E-state index contributed by atoms with van der Waals surface area (Å²) in [6.07, 6.45) is 4.06. The van der Waals surface area contributed by atoms with E-state index in [1.807, 2.05) is 0 Å². The maximum Gasteiger partial charge on any atom is 0.0785 e. The minimum absolute atomic E-state index is 0.405. The van der Waals surface area contributed by atoms with Gasteiger partial charge in [0.2, 0.25) is 0 Å². The molecular weight excluding hydrogens is 165 g/mol. The summed E-state index contributed by atoms with van der Waals surface area (Å²) < 4.78 is 9.50. The van der Waals surface area contributed by atoms with Crippen molar-refractivity contribution in [3.05, 3.63) is 0 Å². The molecule has 0 atom stereocenters. The summed E-state index contributed by atoms with van der Waals surface area (Å²) >= 11 is 0. The second-order valence-corrected chi connectivity index (χ2v) is 5.04. The van der Waals surface area contributed by atoms with Gasteiger partial charge in [0, 0.05) is 11.1 Å². The highest BCUT2D eigenvalue weighted by Crippen LogP contribution is 2.36. The first-order valence-electron chi connectivity index (χ1n) is 4.98. The Morgan fingerprint density at radius 3 is 1.46 bits per heavy atom. The lowest BCUT2D eigenvalue weighted by atomic mass is 9.80. The lowest BCUT2D eigenvalue weighted by molar-refractivity contribution is -0.00199. The molecule has 0 unspecified atom stereocenters. The van der Waals surface area contributed by atoms with Crippen LogP contribution < -0.4 is 0 Å². The molecule has 0 aromatic carbocycles. The van der Waals surface area contributed by atoms with E-state index in [1.54, 1.807) is 0 Å². The monoisotopic (exact) mass is 189 g/mol. The number of nitrogens with zero attached hydrogens (tertiary/aromatic N) is 1. The largest absolute Gasteiger partial charge is 0.296 e. The normalized spacial score (nSPS) is 26.1. The molecule has 0 aromatic heterocycles. The second-order valence-electron chi connectivity index (χ2n) is 5.04. The quantitative estimate of drug-likeness (QED) is 0.565. The molecule has 1 aliphatic heterocycles. The van der Waals surface area contributed by atoms with E-state index in [0.29, 0.717) is 18.3 Å². The first-order valence-corrected chi connectivity index (χ1v) is 4.98. The van der Waals surface area contributed by atoms with E-state index < -0.39 is 0 Å². The van der Waals surface area contributed by atoms with Gasteiger partial charge in [-0.15, -0.1) is 0 Å². The van der Waals surface area contributed by atoms with Crippen LogP contribution in [0.15, 0.2) is 0 Å². The van der Waals surface area contributed by atoms with E-state index in [4.69, 9.17) is 0 Å². The molecule has 0 N–H and O–H groups in total. The first-order chi connectivity index (χ1) is 5.86. The third-order valence-electron chi connectivity index (χ3n) is 3.39. The van der Waals surface area contributed by atoms with Gasteiger partial charge in [-0.2, -0.15) is 0 Å². The number of likely N-dealkylation sites (tertiary alicyclic amines) is 1. The number of halogens is 1. The molecule has 0 bridgehead atoms. The van der Waals surface area contributed by atoms with Gasteiger partial charge < -0.3 is 0 Å². The van der Waals surface area contributed by atoms with Crippen molar-refractivity contribution in [2.24, 2.45) is 0 Å². The SMILES string of the molecule is CF.CN1C(C)(C)CCCC1(C)C. The van der Waals surface area contributed by atoms with Gasteiger partial charge in [-0.25, -0.2) is 0 Å². The van der Waals surface area contributed by atoms with Gasteiger partial charge in [0.1, 0.15) is 0 Å². The van der Waals surface area contributed by atoms with Crippen LogP contribution in [-0.4, -0.2) is 30.2 Å². The zero-order valence-electron chi connectivity index (χ0n) is 9.95.